The summed E-state index contributed by atoms with van der Waals surface area (Å²) >= 11 is 0. The van der Waals surface area contributed by atoms with Crippen LogP contribution in [0.1, 0.15) is 33.9 Å². The fourth-order valence-corrected chi connectivity index (χ4v) is 3.10. The molecule has 0 saturated carbocycles. The number of carbonyl (C=O) groups is 1. The minimum atomic E-state index is -0.166. The molecule has 2 aromatic rings. The Bertz CT molecular complexity index is 777. The van der Waals surface area contributed by atoms with Crippen LogP contribution in [-0.4, -0.2) is 59.0 Å². The third-order valence-corrected chi connectivity index (χ3v) is 4.79. The zero-order chi connectivity index (χ0) is 18.7. The molecule has 1 atom stereocenters. The summed E-state index contributed by atoms with van der Waals surface area (Å²) in [5.41, 5.74) is 3.12. The molecule has 2 aromatic heterocycles. The lowest BCUT2D eigenvalue weighted by Crippen LogP contribution is -2.33. The molecular weight excluding hydrogens is 328 g/mol. The van der Waals surface area contributed by atoms with Gasteiger partial charge in [-0.3, -0.25) is 9.78 Å². The Morgan fingerprint density at radius 1 is 1.27 bits per heavy atom. The van der Waals surface area contributed by atoms with Crippen LogP contribution in [0.5, 0.6) is 0 Å². The lowest BCUT2D eigenvalue weighted by atomic mass is 10.2. The van der Waals surface area contributed by atoms with Crippen LogP contribution in [-0.2, 0) is 6.54 Å². The number of amides is 1. The van der Waals surface area contributed by atoms with Crippen molar-refractivity contribution >= 4 is 11.7 Å². The van der Waals surface area contributed by atoms with Gasteiger partial charge in [0.1, 0.15) is 5.82 Å². The Balaban J connectivity index is 1.70. The lowest BCUT2D eigenvalue weighted by Gasteiger charge is -2.22. The number of rotatable bonds is 5. The van der Waals surface area contributed by atoms with Gasteiger partial charge in [0.2, 0.25) is 5.82 Å². The molecule has 26 heavy (non-hydrogen) atoms. The van der Waals surface area contributed by atoms with Crippen molar-refractivity contribution < 1.29 is 4.79 Å². The highest BCUT2D eigenvalue weighted by molar-refractivity contribution is 5.90. The SMILES string of the molecule is Cc1nc(C(=O)N(C)C)nc(N2CC[C@@H](NCc3ccncc3)C2)c1C. The van der Waals surface area contributed by atoms with Gasteiger partial charge in [0.15, 0.2) is 0 Å². The van der Waals surface area contributed by atoms with E-state index in [9.17, 15) is 4.79 Å². The highest BCUT2D eigenvalue weighted by Crippen LogP contribution is 2.24. The molecule has 1 fully saturated rings. The number of hydrogen-bond donors (Lipinski definition) is 1. The molecule has 1 amide bonds. The van der Waals surface area contributed by atoms with Crippen molar-refractivity contribution in [3.8, 4) is 0 Å². The fourth-order valence-electron chi connectivity index (χ4n) is 3.10. The van der Waals surface area contributed by atoms with Gasteiger partial charge in [0.25, 0.3) is 5.91 Å². The van der Waals surface area contributed by atoms with Gasteiger partial charge in [0.05, 0.1) is 0 Å². The third kappa shape index (κ3) is 3.99. The van der Waals surface area contributed by atoms with E-state index < -0.39 is 0 Å². The Hall–Kier alpha value is -2.54. The fraction of sp³-hybridized carbons (Fsp3) is 0.474. The summed E-state index contributed by atoms with van der Waals surface area (Å²) in [5.74, 6) is 0.970. The molecule has 0 aliphatic carbocycles. The standard InChI is InChI=1S/C19H26N6O/c1-13-14(2)22-17(19(26)24(3)4)23-18(13)25-10-7-16(12-25)21-11-15-5-8-20-9-6-15/h5-6,8-9,16,21H,7,10-12H2,1-4H3/t16-/m1/s1. The van der Waals surface area contributed by atoms with E-state index in [1.54, 1.807) is 14.1 Å². The molecular formula is C19H26N6O. The summed E-state index contributed by atoms with van der Waals surface area (Å²) in [6, 6.07) is 4.44. The minimum Gasteiger partial charge on any atom is -0.355 e. The molecule has 3 heterocycles. The molecule has 138 valence electrons. The van der Waals surface area contributed by atoms with Crippen molar-refractivity contribution in [2.24, 2.45) is 0 Å². The maximum atomic E-state index is 12.3. The Kier molecular flexibility index (Phi) is 5.46. The van der Waals surface area contributed by atoms with E-state index in [1.807, 2.05) is 38.4 Å². The van der Waals surface area contributed by atoms with E-state index in [0.717, 1.165) is 43.1 Å². The van der Waals surface area contributed by atoms with Gasteiger partial charge < -0.3 is 15.1 Å². The number of hydrogen-bond acceptors (Lipinski definition) is 6. The first kappa shape index (κ1) is 18.3. The Labute approximate surface area is 154 Å². The first-order chi connectivity index (χ1) is 12.5. The number of pyridine rings is 1. The van der Waals surface area contributed by atoms with E-state index in [0.29, 0.717) is 6.04 Å². The van der Waals surface area contributed by atoms with Crippen LogP contribution in [0.15, 0.2) is 24.5 Å². The predicted octanol–water partition coefficient (Wildman–Crippen LogP) is 1.56. The van der Waals surface area contributed by atoms with Crippen LogP contribution in [0.25, 0.3) is 0 Å². The lowest BCUT2D eigenvalue weighted by molar-refractivity contribution is 0.0815. The van der Waals surface area contributed by atoms with E-state index in [-0.39, 0.29) is 11.7 Å². The van der Waals surface area contributed by atoms with Crippen LogP contribution in [0, 0.1) is 13.8 Å². The van der Waals surface area contributed by atoms with Crippen LogP contribution >= 0.6 is 0 Å². The van der Waals surface area contributed by atoms with Gasteiger partial charge in [-0.15, -0.1) is 0 Å². The van der Waals surface area contributed by atoms with Crippen molar-refractivity contribution in [3.05, 3.63) is 47.2 Å². The van der Waals surface area contributed by atoms with Gasteiger partial charge in [-0.1, -0.05) is 0 Å². The second kappa shape index (κ2) is 7.78. The van der Waals surface area contributed by atoms with Gasteiger partial charge in [-0.2, -0.15) is 0 Å². The summed E-state index contributed by atoms with van der Waals surface area (Å²) in [7, 11) is 3.44. The molecule has 7 nitrogen and oxygen atoms in total. The normalized spacial score (nSPS) is 16.8. The maximum Gasteiger partial charge on any atom is 0.291 e. The van der Waals surface area contributed by atoms with Gasteiger partial charge in [-0.25, -0.2) is 9.97 Å². The maximum absolute atomic E-state index is 12.3. The van der Waals surface area contributed by atoms with Crippen LogP contribution in [0.2, 0.25) is 0 Å². The average molecular weight is 354 g/mol. The number of aromatic nitrogens is 3. The monoisotopic (exact) mass is 354 g/mol. The van der Waals surface area contributed by atoms with Crippen molar-refractivity contribution in [1.29, 1.82) is 0 Å². The summed E-state index contributed by atoms with van der Waals surface area (Å²) in [5, 5.41) is 3.60. The molecule has 0 bridgehead atoms. The molecule has 3 rings (SSSR count). The molecule has 0 unspecified atom stereocenters. The molecule has 1 saturated heterocycles. The topological polar surface area (TPSA) is 74.2 Å². The predicted molar refractivity (Wildman–Crippen MR) is 101 cm³/mol. The van der Waals surface area contributed by atoms with Gasteiger partial charge in [-0.05, 0) is 38.0 Å². The number of aryl methyl sites for hydroxylation is 1. The minimum absolute atomic E-state index is 0.166. The zero-order valence-corrected chi connectivity index (χ0v) is 15.9. The summed E-state index contributed by atoms with van der Waals surface area (Å²) in [4.78, 5) is 29.0. The summed E-state index contributed by atoms with van der Waals surface area (Å²) < 4.78 is 0. The zero-order valence-electron chi connectivity index (χ0n) is 15.9. The van der Waals surface area contributed by atoms with Crippen LogP contribution in [0.3, 0.4) is 0 Å². The van der Waals surface area contributed by atoms with E-state index in [1.165, 1.54) is 10.5 Å². The highest BCUT2D eigenvalue weighted by Gasteiger charge is 2.26. The van der Waals surface area contributed by atoms with E-state index >= 15 is 0 Å². The smallest absolute Gasteiger partial charge is 0.291 e. The highest BCUT2D eigenvalue weighted by atomic mass is 16.2. The molecule has 0 spiro atoms. The van der Waals surface area contributed by atoms with Crippen molar-refractivity contribution in [1.82, 2.24) is 25.2 Å². The number of nitrogens with zero attached hydrogens (tertiary/aromatic N) is 5. The molecule has 1 aliphatic heterocycles. The third-order valence-electron chi connectivity index (χ3n) is 4.79. The number of anilines is 1. The van der Waals surface area contributed by atoms with E-state index in [4.69, 9.17) is 0 Å². The quantitative estimate of drug-likeness (QED) is 0.878. The van der Waals surface area contributed by atoms with Gasteiger partial charge >= 0.3 is 0 Å². The molecule has 7 heteroatoms. The number of nitrogens with one attached hydrogen (secondary N) is 1. The molecule has 0 aromatic carbocycles. The van der Waals surface area contributed by atoms with Crippen molar-refractivity contribution in [3.63, 3.8) is 0 Å². The Morgan fingerprint density at radius 2 is 2.00 bits per heavy atom. The summed E-state index contributed by atoms with van der Waals surface area (Å²) in [6.07, 6.45) is 4.67. The molecule has 1 aliphatic rings. The second-order valence-electron chi connectivity index (χ2n) is 6.95. The average Bonchev–Trinajstić information content (AvgIpc) is 3.11. The van der Waals surface area contributed by atoms with Crippen LogP contribution in [0.4, 0.5) is 5.82 Å². The Morgan fingerprint density at radius 3 is 2.69 bits per heavy atom. The summed E-state index contributed by atoms with van der Waals surface area (Å²) in [6.45, 7) is 6.57. The molecule has 1 N–H and O–H groups in total. The van der Waals surface area contributed by atoms with Gasteiger partial charge in [0, 0.05) is 63.4 Å². The molecule has 0 radical (unpaired) electrons. The van der Waals surface area contributed by atoms with Crippen molar-refractivity contribution in [2.75, 3.05) is 32.1 Å². The van der Waals surface area contributed by atoms with Crippen molar-refractivity contribution in [2.45, 2.75) is 32.9 Å². The van der Waals surface area contributed by atoms with E-state index in [2.05, 4.69) is 25.2 Å². The number of carbonyl (C=O) groups excluding carboxylic acids is 1. The van der Waals surface area contributed by atoms with Crippen LogP contribution < -0.4 is 10.2 Å². The largest absolute Gasteiger partial charge is 0.355 e. The second-order valence-corrected chi connectivity index (χ2v) is 6.95. The first-order valence-electron chi connectivity index (χ1n) is 8.90. The first-order valence-corrected chi connectivity index (χ1v) is 8.90.